The number of carbonyl (C=O) groups is 5. The first-order chi connectivity index (χ1) is 18.1. The number of phenolic OH excluding ortho intramolecular Hbond substituents is 1. The van der Waals surface area contributed by atoms with Gasteiger partial charge >= 0.3 is 5.97 Å². The Morgan fingerprint density at radius 1 is 1.00 bits per heavy atom. The molecule has 14 nitrogen and oxygen atoms in total. The quantitative estimate of drug-likeness (QED) is 0.144. The fourth-order valence-corrected chi connectivity index (χ4v) is 4.03. The monoisotopic (exact) mass is 529 g/mol. The third kappa shape index (κ3) is 8.30. The van der Waals surface area contributed by atoms with Gasteiger partial charge in [0.2, 0.25) is 23.6 Å². The highest BCUT2D eigenvalue weighted by molar-refractivity contribution is 5.96. The second kappa shape index (κ2) is 13.2. The van der Waals surface area contributed by atoms with Crippen LogP contribution in [0.3, 0.4) is 0 Å². The van der Waals surface area contributed by atoms with E-state index in [0.717, 1.165) is 6.42 Å². The molecule has 1 aromatic heterocycles. The molecule has 1 fully saturated rings. The van der Waals surface area contributed by atoms with Gasteiger partial charge in [-0.05, 0) is 37.1 Å². The largest absolute Gasteiger partial charge is 0.508 e. The SMILES string of the molecule is NC(=O)CC(NC(=O)C1CCCN1)C(=O)NC(Cc1cnc[nH]1)C(=O)NC(Cc1ccc(O)cc1)C(=O)O. The molecular weight excluding hydrogens is 498 g/mol. The van der Waals surface area contributed by atoms with E-state index >= 15 is 0 Å². The summed E-state index contributed by atoms with van der Waals surface area (Å²) < 4.78 is 0. The molecule has 0 saturated carbocycles. The number of benzene rings is 1. The van der Waals surface area contributed by atoms with Crippen molar-refractivity contribution in [2.75, 3.05) is 6.54 Å². The normalized spacial score (nSPS) is 17.1. The van der Waals surface area contributed by atoms with Crippen LogP contribution in [0.1, 0.15) is 30.5 Å². The Morgan fingerprint density at radius 3 is 2.26 bits per heavy atom. The van der Waals surface area contributed by atoms with Crippen LogP contribution in [0, 0.1) is 0 Å². The molecule has 0 aliphatic carbocycles. The molecule has 1 saturated heterocycles. The number of aromatic amines is 1. The number of carbonyl (C=O) groups excluding carboxylic acids is 4. The van der Waals surface area contributed by atoms with Crippen molar-refractivity contribution in [1.29, 1.82) is 0 Å². The molecule has 0 spiro atoms. The Labute approximate surface area is 217 Å². The highest BCUT2D eigenvalue weighted by Gasteiger charge is 2.32. The summed E-state index contributed by atoms with van der Waals surface area (Å²) in [7, 11) is 0. The molecule has 0 bridgehead atoms. The fraction of sp³-hybridized carbons (Fsp3) is 0.417. The first-order valence-electron chi connectivity index (χ1n) is 12.0. The zero-order valence-electron chi connectivity index (χ0n) is 20.5. The standard InChI is InChI=1S/C24H31N7O7/c25-20(33)10-18(30-21(34)16-2-1-7-27-16)23(36)29-17(9-14-11-26-12-28-14)22(35)31-19(24(37)38)8-13-3-5-15(32)6-4-13/h3-6,11-12,16-19,27,32H,1-2,7-10H2,(H2,25,33)(H,26,28)(H,29,36)(H,30,34)(H,31,35)(H,37,38). The van der Waals surface area contributed by atoms with Gasteiger partial charge in [-0.2, -0.15) is 0 Å². The molecule has 9 N–H and O–H groups in total. The summed E-state index contributed by atoms with van der Waals surface area (Å²) in [4.78, 5) is 69.0. The number of imidazole rings is 1. The van der Waals surface area contributed by atoms with E-state index in [1.165, 1.54) is 36.8 Å². The second-order valence-corrected chi connectivity index (χ2v) is 8.99. The van der Waals surface area contributed by atoms with Gasteiger partial charge in [0.25, 0.3) is 0 Å². The molecule has 4 atom stereocenters. The van der Waals surface area contributed by atoms with Crippen LogP contribution in [0.5, 0.6) is 5.75 Å². The summed E-state index contributed by atoms with van der Waals surface area (Å²) in [6, 6.07) is 1.36. The molecule has 204 valence electrons. The van der Waals surface area contributed by atoms with Crippen LogP contribution in [0.4, 0.5) is 0 Å². The molecule has 2 aromatic rings. The average molecular weight is 530 g/mol. The lowest BCUT2D eigenvalue weighted by molar-refractivity contribution is -0.142. The van der Waals surface area contributed by atoms with Crippen LogP contribution in [0.25, 0.3) is 0 Å². The topological polar surface area (TPSA) is 229 Å². The zero-order valence-corrected chi connectivity index (χ0v) is 20.5. The van der Waals surface area contributed by atoms with Gasteiger partial charge in [-0.15, -0.1) is 0 Å². The van der Waals surface area contributed by atoms with Gasteiger partial charge in [0.15, 0.2) is 0 Å². The number of carboxylic acid groups (broad SMARTS) is 1. The highest BCUT2D eigenvalue weighted by atomic mass is 16.4. The molecule has 14 heteroatoms. The predicted molar refractivity (Wildman–Crippen MR) is 132 cm³/mol. The third-order valence-electron chi connectivity index (χ3n) is 6.02. The van der Waals surface area contributed by atoms with E-state index in [9.17, 15) is 34.2 Å². The van der Waals surface area contributed by atoms with Crippen LogP contribution in [0.2, 0.25) is 0 Å². The summed E-state index contributed by atoms with van der Waals surface area (Å²) in [6.45, 7) is 0.645. The number of hydrogen-bond donors (Lipinski definition) is 8. The van der Waals surface area contributed by atoms with Crippen LogP contribution in [0.15, 0.2) is 36.8 Å². The Hall–Kier alpha value is -4.46. The van der Waals surface area contributed by atoms with E-state index in [2.05, 4.69) is 31.2 Å². The number of nitrogens with one attached hydrogen (secondary N) is 5. The smallest absolute Gasteiger partial charge is 0.326 e. The van der Waals surface area contributed by atoms with Gasteiger partial charge < -0.3 is 42.2 Å². The number of carboxylic acids is 1. The minimum Gasteiger partial charge on any atom is -0.508 e. The van der Waals surface area contributed by atoms with Crippen molar-refractivity contribution in [1.82, 2.24) is 31.2 Å². The van der Waals surface area contributed by atoms with E-state index in [1.807, 2.05) is 0 Å². The summed E-state index contributed by atoms with van der Waals surface area (Å²) in [5.74, 6) is -4.24. The van der Waals surface area contributed by atoms with Crippen molar-refractivity contribution in [3.8, 4) is 5.75 Å². The molecule has 3 rings (SSSR count). The van der Waals surface area contributed by atoms with Crippen molar-refractivity contribution in [2.45, 2.75) is 56.3 Å². The molecule has 38 heavy (non-hydrogen) atoms. The molecule has 0 radical (unpaired) electrons. The Bertz CT molecular complexity index is 1130. The molecule has 1 aliphatic rings. The summed E-state index contributed by atoms with van der Waals surface area (Å²) in [5.41, 5.74) is 6.31. The maximum absolute atomic E-state index is 13.2. The van der Waals surface area contributed by atoms with Crippen LogP contribution in [-0.2, 0) is 36.8 Å². The number of phenols is 1. The lowest BCUT2D eigenvalue weighted by Gasteiger charge is -2.24. The lowest BCUT2D eigenvalue weighted by atomic mass is 10.0. The maximum Gasteiger partial charge on any atom is 0.326 e. The number of nitrogens with two attached hydrogens (primary N) is 1. The lowest BCUT2D eigenvalue weighted by Crippen LogP contribution is -2.58. The van der Waals surface area contributed by atoms with Gasteiger partial charge in [0.05, 0.1) is 18.8 Å². The third-order valence-corrected chi connectivity index (χ3v) is 6.02. The fourth-order valence-electron chi connectivity index (χ4n) is 4.03. The molecule has 1 aromatic carbocycles. The number of H-pyrrole nitrogens is 1. The number of primary amides is 1. The number of aliphatic carboxylic acids is 1. The van der Waals surface area contributed by atoms with Gasteiger partial charge in [-0.25, -0.2) is 9.78 Å². The van der Waals surface area contributed by atoms with Crippen molar-refractivity contribution in [3.63, 3.8) is 0 Å². The predicted octanol–water partition coefficient (Wildman–Crippen LogP) is -1.93. The molecule has 2 heterocycles. The second-order valence-electron chi connectivity index (χ2n) is 8.99. The van der Waals surface area contributed by atoms with Crippen LogP contribution < -0.4 is 27.0 Å². The van der Waals surface area contributed by atoms with E-state index in [0.29, 0.717) is 24.2 Å². The minimum absolute atomic E-state index is 0.00770. The van der Waals surface area contributed by atoms with Crippen LogP contribution >= 0.6 is 0 Å². The number of aromatic hydroxyl groups is 1. The summed E-state index contributed by atoms with van der Waals surface area (Å²) in [6.07, 6.45) is 3.51. The van der Waals surface area contributed by atoms with Crippen molar-refractivity contribution >= 4 is 29.6 Å². The van der Waals surface area contributed by atoms with Crippen molar-refractivity contribution in [2.24, 2.45) is 5.73 Å². The van der Waals surface area contributed by atoms with E-state index < -0.39 is 60.2 Å². The number of hydrogen-bond acceptors (Lipinski definition) is 8. The Morgan fingerprint density at radius 2 is 1.68 bits per heavy atom. The summed E-state index contributed by atoms with van der Waals surface area (Å²) in [5, 5.41) is 29.6. The van der Waals surface area contributed by atoms with Gasteiger partial charge in [-0.3, -0.25) is 19.2 Å². The van der Waals surface area contributed by atoms with Gasteiger partial charge in [0.1, 0.15) is 23.9 Å². The van der Waals surface area contributed by atoms with E-state index in [1.54, 1.807) is 0 Å². The highest BCUT2D eigenvalue weighted by Crippen LogP contribution is 2.12. The van der Waals surface area contributed by atoms with Crippen molar-refractivity contribution < 1.29 is 34.2 Å². The molecule has 4 unspecified atom stereocenters. The summed E-state index contributed by atoms with van der Waals surface area (Å²) >= 11 is 0. The number of amides is 4. The Balaban J connectivity index is 1.74. The number of aromatic nitrogens is 2. The first-order valence-corrected chi connectivity index (χ1v) is 12.0. The first kappa shape index (κ1) is 28.1. The average Bonchev–Trinajstić information content (AvgIpc) is 3.58. The Kier molecular flexibility index (Phi) is 9.76. The number of nitrogens with zero attached hydrogens (tertiary/aromatic N) is 1. The van der Waals surface area contributed by atoms with Gasteiger partial charge in [-0.1, -0.05) is 12.1 Å². The molecular formula is C24H31N7O7. The zero-order chi connectivity index (χ0) is 27.7. The number of rotatable bonds is 13. The van der Waals surface area contributed by atoms with Gasteiger partial charge in [0, 0.05) is 24.7 Å². The van der Waals surface area contributed by atoms with Crippen molar-refractivity contribution in [3.05, 3.63) is 48.0 Å². The molecule has 4 amide bonds. The maximum atomic E-state index is 13.2. The minimum atomic E-state index is -1.34. The van der Waals surface area contributed by atoms with Crippen LogP contribution in [-0.4, -0.2) is 80.5 Å². The van der Waals surface area contributed by atoms with E-state index in [4.69, 9.17) is 5.73 Å². The molecule has 1 aliphatic heterocycles. The van der Waals surface area contributed by atoms with E-state index in [-0.39, 0.29) is 18.6 Å².